The van der Waals surface area contributed by atoms with Gasteiger partial charge in [0.1, 0.15) is 5.69 Å². The van der Waals surface area contributed by atoms with E-state index in [1.54, 1.807) is 12.1 Å². The van der Waals surface area contributed by atoms with Gasteiger partial charge in [-0.25, -0.2) is 9.78 Å². The molecular weight excluding hydrogens is 270 g/mol. The molecule has 0 fully saturated rings. The molecule has 0 bridgehead atoms. The van der Waals surface area contributed by atoms with E-state index >= 15 is 0 Å². The number of hydrogen-bond donors (Lipinski definition) is 1. The molecule has 0 atom stereocenters. The number of nitro groups is 1. The van der Waals surface area contributed by atoms with Gasteiger partial charge in [-0.2, -0.15) is 0 Å². The molecule has 2 aromatic heterocycles. The van der Waals surface area contributed by atoms with E-state index in [0.29, 0.717) is 9.79 Å². The maximum Gasteiger partial charge on any atom is 0.363 e. The first-order valence-electron chi connectivity index (χ1n) is 5.04. The molecule has 0 aromatic carbocycles. The molecular formula is C11H7N3O4S. The predicted molar refractivity (Wildman–Crippen MR) is 66.2 cm³/mol. The third kappa shape index (κ3) is 3.26. The Kier molecular flexibility index (Phi) is 3.71. The molecule has 0 spiro atoms. The average Bonchev–Trinajstić information content (AvgIpc) is 2.39. The average molecular weight is 277 g/mol. The molecule has 0 aliphatic carbocycles. The Balaban J connectivity index is 2.19. The van der Waals surface area contributed by atoms with Gasteiger partial charge >= 0.3 is 11.8 Å². The largest absolute Gasteiger partial charge is 0.477 e. The summed E-state index contributed by atoms with van der Waals surface area (Å²) in [5, 5.41) is 19.3. The van der Waals surface area contributed by atoms with Gasteiger partial charge in [-0.15, -0.1) is 0 Å². The van der Waals surface area contributed by atoms with Crippen LogP contribution in [0.2, 0.25) is 0 Å². The maximum absolute atomic E-state index is 10.8. The topological polar surface area (TPSA) is 106 Å². The molecule has 7 nitrogen and oxygen atoms in total. The Bertz CT molecular complexity index is 630. The number of aromatic nitrogens is 2. The first kappa shape index (κ1) is 13.0. The molecule has 19 heavy (non-hydrogen) atoms. The van der Waals surface area contributed by atoms with Gasteiger partial charge in [0.25, 0.3) is 0 Å². The molecule has 2 heterocycles. The summed E-state index contributed by atoms with van der Waals surface area (Å²) in [6.45, 7) is 0. The van der Waals surface area contributed by atoms with Gasteiger partial charge in [0.05, 0.1) is 4.90 Å². The second kappa shape index (κ2) is 5.44. The van der Waals surface area contributed by atoms with Gasteiger partial charge in [-0.3, -0.25) is 0 Å². The molecule has 2 aromatic rings. The van der Waals surface area contributed by atoms with Crippen LogP contribution in [0.25, 0.3) is 0 Å². The van der Waals surface area contributed by atoms with Crippen LogP contribution in [0.5, 0.6) is 0 Å². The zero-order chi connectivity index (χ0) is 13.8. The van der Waals surface area contributed by atoms with Gasteiger partial charge < -0.3 is 15.2 Å². The fourth-order valence-electron chi connectivity index (χ4n) is 1.27. The number of aromatic carboxylic acids is 1. The van der Waals surface area contributed by atoms with E-state index in [9.17, 15) is 14.9 Å². The third-order valence-electron chi connectivity index (χ3n) is 2.09. The highest BCUT2D eigenvalue weighted by Gasteiger charge is 2.09. The van der Waals surface area contributed by atoms with Crippen molar-refractivity contribution in [3.8, 4) is 0 Å². The Morgan fingerprint density at radius 2 is 2.05 bits per heavy atom. The van der Waals surface area contributed by atoms with Crippen LogP contribution in [0.4, 0.5) is 5.82 Å². The number of rotatable bonds is 4. The minimum Gasteiger partial charge on any atom is -0.477 e. The summed E-state index contributed by atoms with van der Waals surface area (Å²) in [6, 6.07) is 5.92. The van der Waals surface area contributed by atoms with Crippen LogP contribution in [0, 0.1) is 10.1 Å². The van der Waals surface area contributed by atoms with Gasteiger partial charge in [0, 0.05) is 17.2 Å². The van der Waals surface area contributed by atoms with Crippen molar-refractivity contribution < 1.29 is 14.8 Å². The molecule has 0 saturated carbocycles. The van der Waals surface area contributed by atoms with Gasteiger partial charge in [-0.1, -0.05) is 11.8 Å². The van der Waals surface area contributed by atoms with Crippen LogP contribution in [-0.2, 0) is 0 Å². The zero-order valence-electron chi connectivity index (χ0n) is 9.39. The Labute approximate surface area is 111 Å². The lowest BCUT2D eigenvalue weighted by molar-refractivity contribution is -0.389. The summed E-state index contributed by atoms with van der Waals surface area (Å²) in [6.07, 6.45) is 2.76. The van der Waals surface area contributed by atoms with E-state index in [2.05, 4.69) is 9.97 Å². The van der Waals surface area contributed by atoms with Crippen molar-refractivity contribution in [1.82, 2.24) is 9.97 Å². The summed E-state index contributed by atoms with van der Waals surface area (Å²) < 4.78 is 0. The van der Waals surface area contributed by atoms with Crippen LogP contribution in [-0.4, -0.2) is 26.0 Å². The van der Waals surface area contributed by atoms with Crippen LogP contribution in [0.1, 0.15) is 10.5 Å². The molecule has 0 amide bonds. The molecule has 1 N–H and O–H groups in total. The van der Waals surface area contributed by atoms with Crippen molar-refractivity contribution in [2.75, 3.05) is 0 Å². The third-order valence-corrected chi connectivity index (χ3v) is 3.06. The highest BCUT2D eigenvalue weighted by atomic mass is 32.2. The summed E-state index contributed by atoms with van der Waals surface area (Å²) in [5.41, 5.74) is -0.0557. The maximum atomic E-state index is 10.8. The Hall–Kier alpha value is -2.48. The molecule has 2 rings (SSSR count). The number of carbonyl (C=O) groups is 1. The van der Waals surface area contributed by atoms with Gasteiger partial charge in [0.15, 0.2) is 6.20 Å². The molecule has 8 heteroatoms. The first-order chi connectivity index (χ1) is 9.06. The normalized spacial score (nSPS) is 10.1. The number of carboxylic acids is 1. The second-order valence-electron chi connectivity index (χ2n) is 3.39. The smallest absolute Gasteiger partial charge is 0.363 e. The van der Waals surface area contributed by atoms with E-state index in [1.165, 1.54) is 36.3 Å². The predicted octanol–water partition coefficient (Wildman–Crippen LogP) is 2.23. The van der Waals surface area contributed by atoms with Gasteiger partial charge in [0.2, 0.25) is 0 Å². The summed E-state index contributed by atoms with van der Waals surface area (Å²) in [4.78, 5) is 29.4. The van der Waals surface area contributed by atoms with Crippen LogP contribution in [0.15, 0.2) is 46.5 Å². The molecule has 0 saturated heterocycles. The lowest BCUT2D eigenvalue weighted by Crippen LogP contribution is -1.99. The van der Waals surface area contributed by atoms with Crippen molar-refractivity contribution in [3.63, 3.8) is 0 Å². The van der Waals surface area contributed by atoms with Crippen molar-refractivity contribution in [1.29, 1.82) is 0 Å². The molecule has 0 radical (unpaired) electrons. The van der Waals surface area contributed by atoms with E-state index < -0.39 is 10.9 Å². The lowest BCUT2D eigenvalue weighted by atomic mass is 10.3. The summed E-state index contributed by atoms with van der Waals surface area (Å²) in [7, 11) is 0. The fourth-order valence-corrected chi connectivity index (χ4v) is 2.08. The zero-order valence-corrected chi connectivity index (χ0v) is 10.2. The fraction of sp³-hybridized carbons (Fsp3) is 0. The number of hydrogen-bond acceptors (Lipinski definition) is 6. The summed E-state index contributed by atoms with van der Waals surface area (Å²) in [5.74, 6) is -1.34. The first-order valence-corrected chi connectivity index (χ1v) is 5.85. The van der Waals surface area contributed by atoms with Crippen LogP contribution >= 0.6 is 11.8 Å². The number of carboxylic acid groups (broad SMARTS) is 1. The van der Waals surface area contributed by atoms with E-state index in [1.807, 2.05) is 0 Å². The number of pyridine rings is 2. The molecule has 0 aliphatic rings. The Morgan fingerprint density at radius 3 is 2.63 bits per heavy atom. The Morgan fingerprint density at radius 1 is 1.26 bits per heavy atom. The monoisotopic (exact) mass is 277 g/mol. The standard InChI is InChI=1S/C11H7N3O4S/c15-11(16)9-5-7(3-4-12-9)19-8-1-2-10(13-6-8)14(17)18/h1-6H,(H,15,16). The van der Waals surface area contributed by atoms with Gasteiger partial charge in [-0.05, 0) is 28.1 Å². The lowest BCUT2D eigenvalue weighted by Gasteiger charge is -2.00. The quantitative estimate of drug-likeness (QED) is 0.674. The highest BCUT2D eigenvalue weighted by Crippen LogP contribution is 2.27. The van der Waals surface area contributed by atoms with E-state index in [4.69, 9.17) is 5.11 Å². The SMILES string of the molecule is O=C(O)c1cc(Sc2ccc([N+](=O)[O-])nc2)ccn1. The number of nitrogens with zero attached hydrogens (tertiary/aromatic N) is 3. The summed E-state index contributed by atoms with van der Waals surface area (Å²) >= 11 is 1.25. The van der Waals surface area contributed by atoms with Crippen molar-refractivity contribution in [2.24, 2.45) is 0 Å². The van der Waals surface area contributed by atoms with Crippen molar-refractivity contribution >= 4 is 23.5 Å². The van der Waals surface area contributed by atoms with Crippen LogP contribution < -0.4 is 0 Å². The highest BCUT2D eigenvalue weighted by molar-refractivity contribution is 7.99. The van der Waals surface area contributed by atoms with Crippen molar-refractivity contribution in [2.45, 2.75) is 9.79 Å². The van der Waals surface area contributed by atoms with Crippen molar-refractivity contribution in [3.05, 3.63) is 52.5 Å². The minimum atomic E-state index is -1.11. The molecule has 0 unspecified atom stereocenters. The van der Waals surface area contributed by atoms with E-state index in [0.717, 1.165) is 0 Å². The van der Waals surface area contributed by atoms with Crippen LogP contribution in [0.3, 0.4) is 0 Å². The second-order valence-corrected chi connectivity index (χ2v) is 4.54. The van der Waals surface area contributed by atoms with E-state index in [-0.39, 0.29) is 11.5 Å². The molecule has 96 valence electrons. The molecule has 0 aliphatic heterocycles. The minimum absolute atomic E-state index is 0.0557.